The van der Waals surface area contributed by atoms with Gasteiger partial charge in [-0.1, -0.05) is 30.3 Å². The normalized spacial score (nSPS) is 10.2. The van der Waals surface area contributed by atoms with Crippen molar-refractivity contribution in [3.63, 3.8) is 0 Å². The number of hydrogen-bond acceptors (Lipinski definition) is 3. The van der Waals surface area contributed by atoms with Crippen LogP contribution < -0.4 is 0 Å². The van der Waals surface area contributed by atoms with Crippen molar-refractivity contribution >= 4 is 12.3 Å². The molecule has 5 nitrogen and oxygen atoms in total. The lowest BCUT2D eigenvalue weighted by Crippen LogP contribution is -2.04. The average molecular weight is 244 g/mol. The van der Waals surface area contributed by atoms with Crippen LogP contribution in [0.1, 0.15) is 16.8 Å². The summed E-state index contributed by atoms with van der Waals surface area (Å²) in [4.78, 5) is 21.5. The summed E-state index contributed by atoms with van der Waals surface area (Å²) in [6.45, 7) is 0.253. The molecular formula is C13H12N2O3. The Morgan fingerprint density at radius 3 is 2.67 bits per heavy atom. The van der Waals surface area contributed by atoms with E-state index in [-0.39, 0.29) is 13.0 Å². The molecule has 2 aromatic rings. The molecule has 18 heavy (non-hydrogen) atoms. The third-order valence-electron chi connectivity index (χ3n) is 2.52. The Morgan fingerprint density at radius 2 is 2.06 bits per heavy atom. The van der Waals surface area contributed by atoms with E-state index >= 15 is 0 Å². The van der Waals surface area contributed by atoms with Crippen LogP contribution in [-0.2, 0) is 11.3 Å². The lowest BCUT2D eigenvalue weighted by atomic mass is 10.1. The fourth-order valence-electron chi connectivity index (χ4n) is 1.67. The minimum Gasteiger partial charge on any atom is -0.481 e. The summed E-state index contributed by atoms with van der Waals surface area (Å²) < 4.78 is 1.49. The Labute approximate surface area is 104 Å². The van der Waals surface area contributed by atoms with Gasteiger partial charge in [-0.25, -0.2) is 0 Å². The van der Waals surface area contributed by atoms with E-state index < -0.39 is 5.97 Å². The topological polar surface area (TPSA) is 72.2 Å². The number of aliphatic carboxylic acids is 1. The zero-order valence-corrected chi connectivity index (χ0v) is 9.61. The quantitative estimate of drug-likeness (QED) is 0.814. The zero-order valence-electron chi connectivity index (χ0n) is 9.61. The number of carbonyl (C=O) groups is 2. The predicted molar refractivity (Wildman–Crippen MR) is 65.3 cm³/mol. The Kier molecular flexibility index (Phi) is 3.52. The van der Waals surface area contributed by atoms with Crippen molar-refractivity contribution in [1.29, 1.82) is 0 Å². The predicted octanol–water partition coefficient (Wildman–Crippen LogP) is 1.84. The van der Waals surface area contributed by atoms with Gasteiger partial charge in [-0.2, -0.15) is 5.10 Å². The molecule has 0 saturated carbocycles. The summed E-state index contributed by atoms with van der Waals surface area (Å²) >= 11 is 0. The number of aromatic nitrogens is 2. The smallest absolute Gasteiger partial charge is 0.305 e. The van der Waals surface area contributed by atoms with Crippen molar-refractivity contribution in [2.45, 2.75) is 13.0 Å². The maximum absolute atomic E-state index is 11.0. The molecule has 1 aromatic heterocycles. The molecule has 0 fully saturated rings. The molecule has 0 aliphatic heterocycles. The van der Waals surface area contributed by atoms with Crippen LogP contribution in [0, 0.1) is 0 Å². The van der Waals surface area contributed by atoms with E-state index in [4.69, 9.17) is 5.11 Å². The fourth-order valence-corrected chi connectivity index (χ4v) is 1.67. The van der Waals surface area contributed by atoms with Gasteiger partial charge in [0, 0.05) is 11.8 Å². The molecule has 5 heteroatoms. The Hall–Kier alpha value is -2.43. The largest absolute Gasteiger partial charge is 0.481 e. The van der Waals surface area contributed by atoms with E-state index in [0.717, 1.165) is 11.8 Å². The zero-order chi connectivity index (χ0) is 13.0. The van der Waals surface area contributed by atoms with Crippen molar-refractivity contribution < 1.29 is 14.7 Å². The maximum Gasteiger partial charge on any atom is 0.305 e. The molecular weight excluding hydrogens is 232 g/mol. The van der Waals surface area contributed by atoms with Crippen LogP contribution in [0.5, 0.6) is 0 Å². The van der Waals surface area contributed by atoms with Gasteiger partial charge in [-0.3, -0.25) is 14.3 Å². The summed E-state index contributed by atoms with van der Waals surface area (Å²) in [7, 11) is 0. The summed E-state index contributed by atoms with van der Waals surface area (Å²) in [6.07, 6.45) is 2.28. The van der Waals surface area contributed by atoms with Crippen molar-refractivity contribution in [3.05, 3.63) is 42.1 Å². The van der Waals surface area contributed by atoms with Gasteiger partial charge in [-0.15, -0.1) is 0 Å². The minimum absolute atomic E-state index is 0.0196. The summed E-state index contributed by atoms with van der Waals surface area (Å²) in [5.41, 5.74) is 1.89. The van der Waals surface area contributed by atoms with Crippen LogP contribution in [0.2, 0.25) is 0 Å². The highest BCUT2D eigenvalue weighted by Gasteiger charge is 2.10. The number of nitrogens with zero attached hydrogens (tertiary/aromatic N) is 2. The minimum atomic E-state index is -0.889. The fraction of sp³-hybridized carbons (Fsp3) is 0.154. The van der Waals surface area contributed by atoms with Crippen molar-refractivity contribution in [1.82, 2.24) is 9.78 Å². The highest BCUT2D eigenvalue weighted by molar-refractivity contribution is 5.85. The number of aryl methyl sites for hydroxylation is 1. The molecule has 0 unspecified atom stereocenters. The number of benzene rings is 1. The standard InChI is InChI=1S/C13H12N2O3/c16-9-11-8-15(7-6-12(17)18)14-13(11)10-4-2-1-3-5-10/h1-5,8-9H,6-7H2,(H,17,18). The van der Waals surface area contributed by atoms with Crippen LogP contribution in [0.4, 0.5) is 0 Å². The highest BCUT2D eigenvalue weighted by atomic mass is 16.4. The first-order chi connectivity index (χ1) is 8.70. The van der Waals surface area contributed by atoms with Crippen LogP contribution in [0.25, 0.3) is 11.3 Å². The molecule has 0 spiro atoms. The van der Waals surface area contributed by atoms with Crippen molar-refractivity contribution in [2.24, 2.45) is 0 Å². The summed E-state index contributed by atoms with van der Waals surface area (Å²) in [5.74, 6) is -0.889. The first-order valence-corrected chi connectivity index (χ1v) is 5.50. The van der Waals surface area contributed by atoms with E-state index in [1.807, 2.05) is 30.3 Å². The van der Waals surface area contributed by atoms with Gasteiger partial charge in [0.05, 0.1) is 18.5 Å². The molecule has 0 amide bonds. The van der Waals surface area contributed by atoms with Crippen LogP contribution in [0.15, 0.2) is 36.5 Å². The average Bonchev–Trinajstić information content (AvgIpc) is 2.80. The molecule has 0 bridgehead atoms. The number of carbonyl (C=O) groups excluding carboxylic acids is 1. The molecule has 0 aliphatic carbocycles. The van der Waals surface area contributed by atoms with E-state index in [9.17, 15) is 9.59 Å². The number of carboxylic acid groups (broad SMARTS) is 1. The second-order valence-electron chi connectivity index (χ2n) is 3.82. The molecule has 92 valence electrons. The van der Waals surface area contributed by atoms with Gasteiger partial charge in [0.15, 0.2) is 6.29 Å². The molecule has 0 saturated heterocycles. The summed E-state index contributed by atoms with van der Waals surface area (Å²) in [6, 6.07) is 9.32. The third-order valence-corrected chi connectivity index (χ3v) is 2.52. The van der Waals surface area contributed by atoms with E-state index in [2.05, 4.69) is 5.10 Å². The van der Waals surface area contributed by atoms with Gasteiger partial charge >= 0.3 is 5.97 Å². The van der Waals surface area contributed by atoms with E-state index in [1.54, 1.807) is 6.20 Å². The number of rotatable bonds is 5. The Morgan fingerprint density at radius 1 is 1.33 bits per heavy atom. The Balaban J connectivity index is 2.30. The van der Waals surface area contributed by atoms with E-state index in [0.29, 0.717) is 11.3 Å². The molecule has 2 rings (SSSR count). The van der Waals surface area contributed by atoms with Crippen molar-refractivity contribution in [3.8, 4) is 11.3 Å². The highest BCUT2D eigenvalue weighted by Crippen LogP contribution is 2.20. The molecule has 1 heterocycles. The lowest BCUT2D eigenvalue weighted by molar-refractivity contribution is -0.137. The first kappa shape index (κ1) is 12.0. The molecule has 1 aromatic carbocycles. The van der Waals surface area contributed by atoms with Crippen molar-refractivity contribution in [2.75, 3.05) is 0 Å². The first-order valence-electron chi connectivity index (χ1n) is 5.50. The van der Waals surface area contributed by atoms with E-state index in [1.165, 1.54) is 4.68 Å². The Bertz CT molecular complexity index is 561. The number of aldehydes is 1. The van der Waals surface area contributed by atoms with Gasteiger partial charge in [0.2, 0.25) is 0 Å². The molecule has 0 aliphatic rings. The van der Waals surface area contributed by atoms with Crippen LogP contribution in [-0.4, -0.2) is 27.1 Å². The second-order valence-corrected chi connectivity index (χ2v) is 3.82. The van der Waals surface area contributed by atoms with Crippen LogP contribution >= 0.6 is 0 Å². The van der Waals surface area contributed by atoms with Crippen LogP contribution in [0.3, 0.4) is 0 Å². The summed E-state index contributed by atoms with van der Waals surface area (Å²) in [5, 5.41) is 12.9. The SMILES string of the molecule is O=Cc1cn(CCC(=O)O)nc1-c1ccccc1. The molecule has 0 radical (unpaired) electrons. The number of hydrogen-bond donors (Lipinski definition) is 1. The maximum atomic E-state index is 11.0. The van der Waals surface area contributed by atoms with Gasteiger partial charge in [0.1, 0.15) is 5.69 Å². The molecule has 1 N–H and O–H groups in total. The monoisotopic (exact) mass is 244 g/mol. The van der Waals surface area contributed by atoms with Gasteiger partial charge in [0.25, 0.3) is 0 Å². The van der Waals surface area contributed by atoms with Gasteiger partial charge in [-0.05, 0) is 0 Å². The second kappa shape index (κ2) is 5.27. The third kappa shape index (κ3) is 2.63. The lowest BCUT2D eigenvalue weighted by Gasteiger charge is -1.98. The number of carboxylic acids is 1. The van der Waals surface area contributed by atoms with Gasteiger partial charge < -0.3 is 5.11 Å². The molecule has 0 atom stereocenters.